The molecule has 0 saturated carbocycles. The first-order valence-corrected chi connectivity index (χ1v) is 8.09. The predicted octanol–water partition coefficient (Wildman–Crippen LogP) is 4.72. The zero-order valence-corrected chi connectivity index (χ0v) is 13.8. The van der Waals surface area contributed by atoms with Crippen LogP contribution in [0.4, 0.5) is 11.4 Å². The van der Waals surface area contributed by atoms with Crippen molar-refractivity contribution in [1.82, 2.24) is 0 Å². The second-order valence-corrected chi connectivity index (χ2v) is 7.13. The van der Waals surface area contributed by atoms with Gasteiger partial charge in [-0.15, -0.1) is 11.3 Å². The third-order valence-electron chi connectivity index (χ3n) is 2.77. The molecule has 5 heteroatoms. The van der Waals surface area contributed by atoms with Crippen LogP contribution >= 0.6 is 27.3 Å². The van der Waals surface area contributed by atoms with Gasteiger partial charge >= 0.3 is 0 Å². The standard InChI is InChI=1S/C15H17BrN2OS/c1-10(2)15(19)18-13-5-3-4-12(7-13)17-8-11-6-14(16)20-9-11/h3-7,9-10,17H,8H2,1-2H3,(H,18,19). The minimum Gasteiger partial charge on any atom is -0.381 e. The minimum atomic E-state index is -0.0187. The molecule has 1 aromatic carbocycles. The van der Waals surface area contributed by atoms with Crippen molar-refractivity contribution in [1.29, 1.82) is 0 Å². The van der Waals surface area contributed by atoms with E-state index in [1.54, 1.807) is 11.3 Å². The van der Waals surface area contributed by atoms with Gasteiger partial charge in [-0.05, 0) is 51.1 Å². The number of halogens is 1. The molecule has 0 aliphatic rings. The molecule has 0 radical (unpaired) electrons. The van der Waals surface area contributed by atoms with Gasteiger partial charge in [0.2, 0.25) is 5.91 Å². The summed E-state index contributed by atoms with van der Waals surface area (Å²) < 4.78 is 1.13. The van der Waals surface area contributed by atoms with E-state index < -0.39 is 0 Å². The van der Waals surface area contributed by atoms with Crippen LogP contribution in [0.25, 0.3) is 0 Å². The highest BCUT2D eigenvalue weighted by atomic mass is 79.9. The molecule has 2 aromatic rings. The third-order valence-corrected chi connectivity index (χ3v) is 4.33. The monoisotopic (exact) mass is 352 g/mol. The lowest BCUT2D eigenvalue weighted by Gasteiger charge is -2.10. The van der Waals surface area contributed by atoms with E-state index in [0.29, 0.717) is 0 Å². The van der Waals surface area contributed by atoms with E-state index in [0.717, 1.165) is 21.7 Å². The zero-order chi connectivity index (χ0) is 14.5. The summed E-state index contributed by atoms with van der Waals surface area (Å²) in [5.41, 5.74) is 3.05. The van der Waals surface area contributed by atoms with Crippen LogP contribution < -0.4 is 10.6 Å². The first-order chi connectivity index (χ1) is 9.54. The van der Waals surface area contributed by atoms with E-state index in [9.17, 15) is 4.79 Å². The normalized spacial score (nSPS) is 10.6. The molecule has 0 spiro atoms. The van der Waals surface area contributed by atoms with Gasteiger partial charge in [-0.3, -0.25) is 4.79 Å². The summed E-state index contributed by atoms with van der Waals surface area (Å²) in [5.74, 6) is 0.0127. The number of hydrogen-bond acceptors (Lipinski definition) is 3. The van der Waals surface area contributed by atoms with Crippen LogP contribution in [-0.4, -0.2) is 5.91 Å². The van der Waals surface area contributed by atoms with Crippen molar-refractivity contribution < 1.29 is 4.79 Å². The maximum absolute atomic E-state index is 11.7. The minimum absolute atomic E-state index is 0.0187. The molecule has 0 bridgehead atoms. The molecule has 1 heterocycles. The van der Waals surface area contributed by atoms with Crippen LogP contribution in [0.15, 0.2) is 39.5 Å². The molecule has 106 valence electrons. The molecule has 2 N–H and O–H groups in total. The SMILES string of the molecule is CC(C)C(=O)Nc1cccc(NCc2csc(Br)c2)c1. The summed E-state index contributed by atoms with van der Waals surface area (Å²) >= 11 is 5.13. The van der Waals surface area contributed by atoms with Crippen LogP contribution in [0, 0.1) is 5.92 Å². The Morgan fingerprint density at radius 1 is 1.30 bits per heavy atom. The van der Waals surface area contributed by atoms with Crippen molar-refractivity contribution in [3.05, 3.63) is 45.1 Å². The number of thiophene rings is 1. The Bertz CT molecular complexity index is 595. The number of anilines is 2. The average Bonchev–Trinajstić information content (AvgIpc) is 2.82. The molecule has 0 aliphatic carbocycles. The van der Waals surface area contributed by atoms with Crippen molar-refractivity contribution in [2.45, 2.75) is 20.4 Å². The number of carbonyl (C=O) groups is 1. The lowest BCUT2D eigenvalue weighted by Crippen LogP contribution is -2.17. The molecule has 0 saturated heterocycles. The van der Waals surface area contributed by atoms with Gasteiger partial charge in [0.05, 0.1) is 3.79 Å². The maximum Gasteiger partial charge on any atom is 0.226 e. The van der Waals surface area contributed by atoms with Gasteiger partial charge in [-0.1, -0.05) is 19.9 Å². The first kappa shape index (κ1) is 15.1. The van der Waals surface area contributed by atoms with Gasteiger partial charge in [-0.25, -0.2) is 0 Å². The highest BCUT2D eigenvalue weighted by Gasteiger charge is 2.07. The number of rotatable bonds is 5. The fourth-order valence-corrected chi connectivity index (χ4v) is 2.85. The molecule has 0 unspecified atom stereocenters. The summed E-state index contributed by atoms with van der Waals surface area (Å²) in [6, 6.07) is 9.87. The van der Waals surface area contributed by atoms with E-state index in [1.807, 2.05) is 38.1 Å². The van der Waals surface area contributed by atoms with E-state index in [4.69, 9.17) is 0 Å². The van der Waals surface area contributed by atoms with Gasteiger partial charge in [0, 0.05) is 23.8 Å². The maximum atomic E-state index is 11.7. The number of amides is 1. The molecular weight excluding hydrogens is 336 g/mol. The molecule has 2 rings (SSSR count). The van der Waals surface area contributed by atoms with Crippen molar-refractivity contribution in [3.63, 3.8) is 0 Å². The Balaban J connectivity index is 1.97. The summed E-state index contributed by atoms with van der Waals surface area (Å²) in [6.07, 6.45) is 0. The van der Waals surface area contributed by atoms with Gasteiger partial charge < -0.3 is 10.6 Å². The second kappa shape index (κ2) is 6.90. The molecule has 0 aliphatic heterocycles. The first-order valence-electron chi connectivity index (χ1n) is 6.42. The van der Waals surface area contributed by atoms with E-state index in [-0.39, 0.29) is 11.8 Å². The fraction of sp³-hybridized carbons (Fsp3) is 0.267. The molecule has 20 heavy (non-hydrogen) atoms. The zero-order valence-electron chi connectivity index (χ0n) is 11.4. The molecule has 0 fully saturated rings. The fourth-order valence-electron chi connectivity index (χ4n) is 1.64. The van der Waals surface area contributed by atoms with Crippen molar-refractivity contribution in [2.75, 3.05) is 10.6 Å². The third kappa shape index (κ3) is 4.35. The second-order valence-electron chi connectivity index (χ2n) is 4.84. The average molecular weight is 353 g/mol. The quantitative estimate of drug-likeness (QED) is 0.817. The van der Waals surface area contributed by atoms with Crippen molar-refractivity contribution >= 4 is 44.5 Å². The van der Waals surface area contributed by atoms with Gasteiger partial charge in [0.25, 0.3) is 0 Å². The number of nitrogens with one attached hydrogen (secondary N) is 2. The Morgan fingerprint density at radius 2 is 2.05 bits per heavy atom. The van der Waals surface area contributed by atoms with Gasteiger partial charge in [0.1, 0.15) is 0 Å². The lowest BCUT2D eigenvalue weighted by atomic mass is 10.2. The molecule has 0 atom stereocenters. The van der Waals surface area contributed by atoms with E-state index in [1.165, 1.54) is 5.56 Å². The predicted molar refractivity (Wildman–Crippen MR) is 89.3 cm³/mol. The highest BCUT2D eigenvalue weighted by Crippen LogP contribution is 2.22. The molecule has 1 amide bonds. The smallest absolute Gasteiger partial charge is 0.226 e. The molecular formula is C15H17BrN2OS. The Morgan fingerprint density at radius 3 is 2.70 bits per heavy atom. The number of benzene rings is 1. The Hall–Kier alpha value is -1.33. The lowest BCUT2D eigenvalue weighted by molar-refractivity contribution is -0.118. The Kier molecular flexibility index (Phi) is 5.20. The Labute approximate surface area is 131 Å². The summed E-state index contributed by atoms with van der Waals surface area (Å²) in [4.78, 5) is 11.7. The summed E-state index contributed by atoms with van der Waals surface area (Å²) in [6.45, 7) is 4.53. The number of hydrogen-bond donors (Lipinski definition) is 2. The largest absolute Gasteiger partial charge is 0.381 e. The summed E-state index contributed by atoms with van der Waals surface area (Å²) in [5, 5.41) is 8.36. The van der Waals surface area contributed by atoms with Crippen LogP contribution in [0.1, 0.15) is 19.4 Å². The van der Waals surface area contributed by atoms with Crippen molar-refractivity contribution in [3.8, 4) is 0 Å². The topological polar surface area (TPSA) is 41.1 Å². The van der Waals surface area contributed by atoms with Crippen LogP contribution in [0.5, 0.6) is 0 Å². The van der Waals surface area contributed by atoms with Gasteiger partial charge in [0.15, 0.2) is 0 Å². The summed E-state index contributed by atoms with van der Waals surface area (Å²) in [7, 11) is 0. The van der Waals surface area contributed by atoms with Gasteiger partial charge in [-0.2, -0.15) is 0 Å². The van der Waals surface area contributed by atoms with Crippen molar-refractivity contribution in [2.24, 2.45) is 5.92 Å². The van der Waals surface area contributed by atoms with Crippen LogP contribution in [0.3, 0.4) is 0 Å². The number of carbonyl (C=O) groups excluding carboxylic acids is 1. The highest BCUT2D eigenvalue weighted by molar-refractivity contribution is 9.11. The molecule has 3 nitrogen and oxygen atoms in total. The van der Waals surface area contributed by atoms with E-state index in [2.05, 4.69) is 38.0 Å². The van der Waals surface area contributed by atoms with Crippen LogP contribution in [0.2, 0.25) is 0 Å². The van der Waals surface area contributed by atoms with E-state index >= 15 is 0 Å². The molecule has 1 aromatic heterocycles. The van der Waals surface area contributed by atoms with Crippen LogP contribution in [-0.2, 0) is 11.3 Å².